The van der Waals surface area contributed by atoms with Crippen molar-refractivity contribution < 1.29 is 5.11 Å². The Morgan fingerprint density at radius 3 is 2.17 bits per heavy atom. The molecule has 0 radical (unpaired) electrons. The third kappa shape index (κ3) is 4.19. The normalized spacial score (nSPS) is 13.2. The number of halogens is 2. The molecule has 35 heavy (non-hydrogen) atoms. The molecule has 1 N–H and O–H groups in total. The first-order chi connectivity index (χ1) is 16.9. The van der Waals surface area contributed by atoms with Gasteiger partial charge in [0.1, 0.15) is 5.60 Å². The molecule has 0 aliphatic carbocycles. The van der Waals surface area contributed by atoms with Gasteiger partial charge in [-0.15, -0.1) is 0 Å². The molecule has 0 bridgehead atoms. The maximum Gasteiger partial charge on any atom is 0.142 e. The van der Waals surface area contributed by atoms with Crippen molar-refractivity contribution in [1.82, 2.24) is 15.0 Å². The molecule has 0 aliphatic heterocycles. The standard InChI is InChI=1S/C29H23Cl2N3O/c1-18(2)26-27(31)24-15-21(10-11-25(24)34-28(26)19-6-4-12-32-16-19)29(35,22-8-5-13-33-17-22)20-7-3-9-23(30)14-20/h3-18,35H,1-2H3. The van der Waals surface area contributed by atoms with Crippen molar-refractivity contribution in [2.24, 2.45) is 0 Å². The average Bonchev–Trinajstić information content (AvgIpc) is 2.88. The minimum atomic E-state index is -1.49. The molecular formula is C29H23Cl2N3O. The van der Waals surface area contributed by atoms with E-state index in [1.54, 1.807) is 43.0 Å². The monoisotopic (exact) mass is 499 g/mol. The van der Waals surface area contributed by atoms with E-state index >= 15 is 0 Å². The van der Waals surface area contributed by atoms with Gasteiger partial charge in [0.25, 0.3) is 0 Å². The molecule has 0 spiro atoms. The second kappa shape index (κ2) is 9.38. The zero-order valence-corrected chi connectivity index (χ0v) is 20.8. The molecule has 0 amide bonds. The molecule has 6 heteroatoms. The Hall–Kier alpha value is -3.31. The van der Waals surface area contributed by atoms with Crippen molar-refractivity contribution >= 4 is 34.1 Å². The van der Waals surface area contributed by atoms with E-state index in [4.69, 9.17) is 28.2 Å². The first-order valence-corrected chi connectivity index (χ1v) is 12.1. The number of rotatable bonds is 5. The van der Waals surface area contributed by atoms with Crippen molar-refractivity contribution in [2.75, 3.05) is 0 Å². The zero-order valence-electron chi connectivity index (χ0n) is 19.3. The molecule has 0 aliphatic rings. The molecule has 0 fully saturated rings. The number of hydrogen-bond donors (Lipinski definition) is 1. The van der Waals surface area contributed by atoms with Gasteiger partial charge in [-0.2, -0.15) is 0 Å². The summed E-state index contributed by atoms with van der Waals surface area (Å²) in [5.41, 5.74) is 3.83. The number of nitrogens with zero attached hydrogens (tertiary/aromatic N) is 3. The van der Waals surface area contributed by atoms with Gasteiger partial charge in [0.05, 0.1) is 16.2 Å². The van der Waals surface area contributed by atoms with Gasteiger partial charge in [-0.25, -0.2) is 4.98 Å². The maximum atomic E-state index is 12.2. The van der Waals surface area contributed by atoms with Gasteiger partial charge in [0.15, 0.2) is 0 Å². The second-order valence-corrected chi connectivity index (χ2v) is 9.59. The van der Waals surface area contributed by atoms with Gasteiger partial charge in [-0.1, -0.05) is 61.3 Å². The summed E-state index contributed by atoms with van der Waals surface area (Å²) in [6.07, 6.45) is 6.88. The molecule has 0 saturated carbocycles. The average molecular weight is 500 g/mol. The van der Waals surface area contributed by atoms with E-state index in [0.717, 1.165) is 27.7 Å². The largest absolute Gasteiger partial charge is 0.376 e. The first kappa shape index (κ1) is 23.4. The molecule has 4 nitrogen and oxygen atoms in total. The molecular weight excluding hydrogens is 477 g/mol. The molecule has 2 aromatic carbocycles. The minimum absolute atomic E-state index is 0.128. The van der Waals surface area contributed by atoms with Crippen LogP contribution in [0.4, 0.5) is 0 Å². The van der Waals surface area contributed by atoms with Crippen LogP contribution in [0.5, 0.6) is 0 Å². The Kier molecular flexibility index (Phi) is 6.28. The summed E-state index contributed by atoms with van der Waals surface area (Å²) in [5.74, 6) is 0.128. The highest BCUT2D eigenvalue weighted by Crippen LogP contribution is 2.42. The Morgan fingerprint density at radius 2 is 1.51 bits per heavy atom. The lowest BCUT2D eigenvalue weighted by Crippen LogP contribution is -2.29. The molecule has 174 valence electrons. The Balaban J connectivity index is 1.78. The van der Waals surface area contributed by atoms with Crippen LogP contribution in [0.25, 0.3) is 22.2 Å². The van der Waals surface area contributed by atoms with E-state index in [2.05, 4.69) is 23.8 Å². The van der Waals surface area contributed by atoms with E-state index in [1.165, 1.54) is 0 Å². The van der Waals surface area contributed by atoms with Crippen molar-refractivity contribution in [3.05, 3.63) is 124 Å². The van der Waals surface area contributed by atoms with Gasteiger partial charge in [0.2, 0.25) is 0 Å². The van der Waals surface area contributed by atoms with E-state index in [9.17, 15) is 5.11 Å². The Morgan fingerprint density at radius 1 is 0.800 bits per heavy atom. The van der Waals surface area contributed by atoms with E-state index in [1.807, 2.05) is 48.5 Å². The number of benzene rings is 2. The number of aliphatic hydroxyl groups is 1. The van der Waals surface area contributed by atoms with Crippen molar-refractivity contribution in [3.8, 4) is 11.3 Å². The van der Waals surface area contributed by atoms with Crippen LogP contribution in [0.3, 0.4) is 0 Å². The van der Waals surface area contributed by atoms with Crippen molar-refractivity contribution in [3.63, 3.8) is 0 Å². The molecule has 0 saturated heterocycles. The Labute approximate surface area is 214 Å². The molecule has 1 atom stereocenters. The topological polar surface area (TPSA) is 58.9 Å². The number of hydrogen-bond acceptors (Lipinski definition) is 4. The smallest absolute Gasteiger partial charge is 0.142 e. The summed E-state index contributed by atoms with van der Waals surface area (Å²) >= 11 is 13.4. The molecule has 3 heterocycles. The fourth-order valence-corrected chi connectivity index (χ4v) is 5.15. The summed E-state index contributed by atoms with van der Waals surface area (Å²) in [6.45, 7) is 4.19. The van der Waals surface area contributed by atoms with E-state index in [0.29, 0.717) is 26.7 Å². The van der Waals surface area contributed by atoms with Crippen LogP contribution in [0.15, 0.2) is 91.5 Å². The highest BCUT2D eigenvalue weighted by Gasteiger charge is 2.35. The SMILES string of the molecule is CC(C)c1c(-c2cccnc2)nc2ccc(C(O)(c3cccnc3)c3cccc(Cl)c3)cc2c1Cl. The number of pyridine rings is 3. The predicted octanol–water partition coefficient (Wildman–Crippen LogP) is 7.41. The lowest BCUT2D eigenvalue weighted by Gasteiger charge is -2.30. The molecule has 5 rings (SSSR count). The lowest BCUT2D eigenvalue weighted by atomic mass is 9.80. The summed E-state index contributed by atoms with van der Waals surface area (Å²) < 4.78 is 0. The molecule has 3 aromatic heterocycles. The van der Waals surface area contributed by atoms with Gasteiger partial charge < -0.3 is 5.11 Å². The molecule has 5 aromatic rings. The van der Waals surface area contributed by atoms with Crippen molar-refractivity contribution in [1.29, 1.82) is 0 Å². The van der Waals surface area contributed by atoms with Crippen LogP contribution in [-0.2, 0) is 5.60 Å². The second-order valence-electron chi connectivity index (χ2n) is 8.78. The highest BCUT2D eigenvalue weighted by atomic mass is 35.5. The number of fused-ring (bicyclic) bond motifs is 1. The minimum Gasteiger partial charge on any atom is -0.376 e. The van der Waals surface area contributed by atoms with E-state index < -0.39 is 5.60 Å². The third-order valence-corrected chi connectivity index (χ3v) is 6.85. The van der Waals surface area contributed by atoms with Crippen LogP contribution in [-0.4, -0.2) is 20.1 Å². The summed E-state index contributed by atoms with van der Waals surface area (Å²) in [7, 11) is 0. The van der Waals surface area contributed by atoms with Gasteiger partial charge in [-0.05, 0) is 59.5 Å². The van der Waals surface area contributed by atoms with Crippen LogP contribution < -0.4 is 0 Å². The van der Waals surface area contributed by atoms with Gasteiger partial charge in [-0.3, -0.25) is 9.97 Å². The van der Waals surface area contributed by atoms with Crippen LogP contribution in [0.2, 0.25) is 10.0 Å². The maximum absolute atomic E-state index is 12.2. The van der Waals surface area contributed by atoms with Crippen LogP contribution >= 0.6 is 23.2 Å². The molecule has 1 unspecified atom stereocenters. The summed E-state index contributed by atoms with van der Waals surface area (Å²) in [6, 6.07) is 20.4. The third-order valence-electron chi connectivity index (χ3n) is 6.21. The zero-order chi connectivity index (χ0) is 24.6. The van der Waals surface area contributed by atoms with E-state index in [-0.39, 0.29) is 5.92 Å². The fourth-order valence-electron chi connectivity index (χ4n) is 4.50. The fraction of sp³-hybridized carbons (Fsp3) is 0.138. The van der Waals surface area contributed by atoms with Crippen molar-refractivity contribution in [2.45, 2.75) is 25.4 Å². The van der Waals surface area contributed by atoms with Crippen LogP contribution in [0.1, 0.15) is 42.0 Å². The highest BCUT2D eigenvalue weighted by molar-refractivity contribution is 6.36. The van der Waals surface area contributed by atoms with Gasteiger partial charge in [0, 0.05) is 51.9 Å². The summed E-state index contributed by atoms with van der Waals surface area (Å²) in [4.78, 5) is 13.5. The first-order valence-electron chi connectivity index (χ1n) is 11.3. The summed E-state index contributed by atoms with van der Waals surface area (Å²) in [5, 5.41) is 14.2. The lowest BCUT2D eigenvalue weighted by molar-refractivity contribution is 0.125. The number of aromatic nitrogens is 3. The quantitative estimate of drug-likeness (QED) is 0.273. The predicted molar refractivity (Wildman–Crippen MR) is 142 cm³/mol. The van der Waals surface area contributed by atoms with Gasteiger partial charge >= 0.3 is 0 Å². The Bertz CT molecular complexity index is 1510. The van der Waals surface area contributed by atoms with Crippen LogP contribution in [0, 0.1) is 0 Å².